The Morgan fingerprint density at radius 2 is 1.81 bits per heavy atom. The number of rotatable bonds is 4. The lowest BCUT2D eigenvalue weighted by atomic mass is 10.0. The molecule has 0 saturated carbocycles. The van der Waals surface area contributed by atoms with E-state index in [9.17, 15) is 4.79 Å². The lowest BCUT2D eigenvalue weighted by Crippen LogP contribution is -2.02. The van der Waals surface area contributed by atoms with Crippen molar-refractivity contribution in [3.05, 3.63) is 71.9 Å². The number of ketones is 1. The first-order valence-corrected chi connectivity index (χ1v) is 7.89. The largest absolute Gasteiger partial charge is 0.289 e. The Labute approximate surface area is 128 Å². The summed E-state index contributed by atoms with van der Waals surface area (Å²) in [5, 5.41) is 0.988. The number of hydrogen-bond acceptors (Lipinski definition) is 3. The first-order chi connectivity index (χ1) is 10.3. The van der Waals surface area contributed by atoms with Crippen molar-refractivity contribution in [3.63, 3.8) is 0 Å². The van der Waals surface area contributed by atoms with Gasteiger partial charge in [0.25, 0.3) is 0 Å². The maximum Gasteiger partial charge on any atom is 0.195 e. The number of carbonyl (C=O) groups is 1. The zero-order chi connectivity index (χ0) is 14.7. The second kappa shape index (κ2) is 6.10. The molecular weight excluding hydrogens is 278 g/mol. The molecule has 2 nitrogen and oxygen atoms in total. The molecule has 0 spiro atoms. The van der Waals surface area contributed by atoms with Crippen molar-refractivity contribution >= 4 is 28.4 Å². The van der Waals surface area contributed by atoms with Crippen LogP contribution >= 0.6 is 11.8 Å². The zero-order valence-corrected chi connectivity index (χ0v) is 12.6. The van der Waals surface area contributed by atoms with Crippen LogP contribution in [0.15, 0.2) is 65.7 Å². The topological polar surface area (TPSA) is 30.0 Å². The van der Waals surface area contributed by atoms with Crippen LogP contribution in [0.25, 0.3) is 10.9 Å². The van der Waals surface area contributed by atoms with Crippen molar-refractivity contribution in [2.45, 2.75) is 11.8 Å². The Bertz CT molecular complexity index is 775. The highest BCUT2D eigenvalue weighted by molar-refractivity contribution is 7.99. The molecule has 0 saturated heterocycles. The lowest BCUT2D eigenvalue weighted by Gasteiger charge is -2.06. The number of aromatic nitrogens is 1. The molecule has 0 aliphatic heterocycles. The molecule has 3 heteroatoms. The number of hydrogen-bond donors (Lipinski definition) is 0. The smallest absolute Gasteiger partial charge is 0.195 e. The summed E-state index contributed by atoms with van der Waals surface area (Å²) in [4.78, 5) is 18.2. The molecule has 3 rings (SSSR count). The molecule has 0 atom stereocenters. The number of carbonyl (C=O) groups excluding carboxylic acids is 1. The van der Waals surface area contributed by atoms with Gasteiger partial charge >= 0.3 is 0 Å². The SMILES string of the molecule is CCSc1ccc(C(=O)c2cccc3cccnc23)cc1. The molecule has 0 aliphatic carbocycles. The van der Waals surface area contributed by atoms with Gasteiger partial charge in [0, 0.05) is 27.6 Å². The van der Waals surface area contributed by atoms with Crippen molar-refractivity contribution < 1.29 is 4.79 Å². The highest BCUT2D eigenvalue weighted by Gasteiger charge is 2.13. The third kappa shape index (κ3) is 2.83. The predicted octanol–water partition coefficient (Wildman–Crippen LogP) is 4.58. The molecule has 21 heavy (non-hydrogen) atoms. The van der Waals surface area contributed by atoms with Crippen molar-refractivity contribution in [1.29, 1.82) is 0 Å². The Morgan fingerprint density at radius 3 is 2.57 bits per heavy atom. The molecule has 0 radical (unpaired) electrons. The maximum absolute atomic E-state index is 12.7. The summed E-state index contributed by atoms with van der Waals surface area (Å²) in [6.45, 7) is 2.12. The van der Waals surface area contributed by atoms with Gasteiger partial charge in [-0.15, -0.1) is 11.8 Å². The number of fused-ring (bicyclic) bond motifs is 1. The highest BCUT2D eigenvalue weighted by Crippen LogP contribution is 2.22. The molecule has 1 heterocycles. The van der Waals surface area contributed by atoms with Gasteiger partial charge in [-0.1, -0.05) is 25.1 Å². The van der Waals surface area contributed by atoms with Gasteiger partial charge in [-0.05, 0) is 42.2 Å². The minimum Gasteiger partial charge on any atom is -0.289 e. The van der Waals surface area contributed by atoms with Crippen LogP contribution in [0, 0.1) is 0 Å². The van der Waals surface area contributed by atoms with Crippen molar-refractivity contribution in [2.24, 2.45) is 0 Å². The predicted molar refractivity (Wildman–Crippen MR) is 88.0 cm³/mol. The lowest BCUT2D eigenvalue weighted by molar-refractivity contribution is 0.104. The van der Waals surface area contributed by atoms with Crippen LogP contribution in [0.2, 0.25) is 0 Å². The molecule has 2 aromatic carbocycles. The minimum absolute atomic E-state index is 0.0207. The molecular formula is C18H15NOS. The Kier molecular flexibility index (Phi) is 4.02. The maximum atomic E-state index is 12.7. The van der Waals surface area contributed by atoms with Crippen molar-refractivity contribution in [1.82, 2.24) is 4.98 Å². The van der Waals surface area contributed by atoms with E-state index in [-0.39, 0.29) is 5.78 Å². The molecule has 0 N–H and O–H groups in total. The van der Waals surface area contributed by atoms with Crippen LogP contribution in [0.1, 0.15) is 22.8 Å². The fourth-order valence-electron chi connectivity index (χ4n) is 2.31. The first kappa shape index (κ1) is 13.8. The van der Waals surface area contributed by atoms with Crippen LogP contribution in [0.5, 0.6) is 0 Å². The summed E-state index contributed by atoms with van der Waals surface area (Å²) < 4.78 is 0. The third-order valence-electron chi connectivity index (χ3n) is 3.30. The van der Waals surface area contributed by atoms with Gasteiger partial charge in [-0.2, -0.15) is 0 Å². The first-order valence-electron chi connectivity index (χ1n) is 6.91. The third-order valence-corrected chi connectivity index (χ3v) is 4.20. The molecule has 0 fully saturated rings. The molecule has 0 aliphatic rings. The highest BCUT2D eigenvalue weighted by atomic mass is 32.2. The van der Waals surface area contributed by atoms with Gasteiger partial charge in [0.15, 0.2) is 5.78 Å². The van der Waals surface area contributed by atoms with Gasteiger partial charge < -0.3 is 0 Å². The van der Waals surface area contributed by atoms with E-state index in [2.05, 4.69) is 11.9 Å². The van der Waals surface area contributed by atoms with Crippen LogP contribution < -0.4 is 0 Å². The minimum atomic E-state index is 0.0207. The molecule has 3 aromatic rings. The van der Waals surface area contributed by atoms with Crippen LogP contribution in [0.4, 0.5) is 0 Å². The summed E-state index contributed by atoms with van der Waals surface area (Å²) in [6, 6.07) is 17.3. The van der Waals surface area contributed by atoms with Crippen molar-refractivity contribution in [2.75, 3.05) is 5.75 Å². The molecule has 104 valence electrons. The summed E-state index contributed by atoms with van der Waals surface area (Å²) in [5.41, 5.74) is 2.12. The Hall–Kier alpha value is -2.13. The monoisotopic (exact) mass is 293 g/mol. The Balaban J connectivity index is 2.00. The summed E-state index contributed by atoms with van der Waals surface area (Å²) in [5.74, 6) is 1.05. The van der Waals surface area contributed by atoms with E-state index >= 15 is 0 Å². The van der Waals surface area contributed by atoms with Gasteiger partial charge in [0.1, 0.15) is 0 Å². The quantitative estimate of drug-likeness (QED) is 0.521. The van der Waals surface area contributed by atoms with Gasteiger partial charge in [-0.25, -0.2) is 0 Å². The summed E-state index contributed by atoms with van der Waals surface area (Å²) in [6.07, 6.45) is 1.72. The average Bonchev–Trinajstić information content (AvgIpc) is 2.55. The molecule has 0 unspecified atom stereocenters. The molecule has 0 amide bonds. The van der Waals surface area contributed by atoms with Crippen LogP contribution in [-0.2, 0) is 0 Å². The number of thioether (sulfide) groups is 1. The van der Waals surface area contributed by atoms with E-state index in [1.165, 1.54) is 4.90 Å². The van der Waals surface area contributed by atoms with E-state index in [1.54, 1.807) is 18.0 Å². The number of nitrogens with zero attached hydrogens (tertiary/aromatic N) is 1. The number of para-hydroxylation sites is 1. The van der Waals surface area contributed by atoms with Crippen LogP contribution in [-0.4, -0.2) is 16.5 Å². The van der Waals surface area contributed by atoms with E-state index < -0.39 is 0 Å². The zero-order valence-electron chi connectivity index (χ0n) is 11.7. The van der Waals surface area contributed by atoms with E-state index in [0.717, 1.165) is 16.7 Å². The fourth-order valence-corrected chi connectivity index (χ4v) is 2.97. The normalized spacial score (nSPS) is 10.7. The van der Waals surface area contributed by atoms with E-state index in [0.29, 0.717) is 11.1 Å². The van der Waals surface area contributed by atoms with Gasteiger partial charge in [-0.3, -0.25) is 9.78 Å². The molecule has 1 aromatic heterocycles. The van der Waals surface area contributed by atoms with E-state index in [4.69, 9.17) is 0 Å². The number of benzene rings is 2. The van der Waals surface area contributed by atoms with Crippen molar-refractivity contribution in [3.8, 4) is 0 Å². The second-order valence-electron chi connectivity index (χ2n) is 4.67. The van der Waals surface area contributed by atoms with E-state index in [1.807, 2.05) is 54.6 Å². The Morgan fingerprint density at radius 1 is 1.05 bits per heavy atom. The summed E-state index contributed by atoms with van der Waals surface area (Å²) in [7, 11) is 0. The summed E-state index contributed by atoms with van der Waals surface area (Å²) >= 11 is 1.77. The number of pyridine rings is 1. The fraction of sp³-hybridized carbons (Fsp3) is 0.111. The van der Waals surface area contributed by atoms with Gasteiger partial charge in [0.2, 0.25) is 0 Å². The molecule has 0 bridgehead atoms. The second-order valence-corrected chi connectivity index (χ2v) is 6.00. The van der Waals surface area contributed by atoms with Crippen LogP contribution in [0.3, 0.4) is 0 Å². The standard InChI is InChI=1S/C18H15NOS/c1-2-21-15-10-8-14(9-11-15)18(20)16-7-3-5-13-6-4-12-19-17(13)16/h3-12H,2H2,1H3. The van der Waals surface area contributed by atoms with Gasteiger partial charge in [0.05, 0.1) is 5.52 Å². The average molecular weight is 293 g/mol.